The molecule has 0 aromatic heterocycles. The minimum absolute atomic E-state index is 0.371. The molecule has 8 heteroatoms. The zero-order chi connectivity index (χ0) is 18.5. The zero-order valence-corrected chi connectivity index (χ0v) is 15.1. The number of hydrogen-bond acceptors (Lipinski definition) is 4. The van der Waals surface area contributed by atoms with Gasteiger partial charge in [-0.1, -0.05) is 0 Å². The first-order valence-electron chi connectivity index (χ1n) is 7.53. The molecule has 1 aliphatic rings. The van der Waals surface area contributed by atoms with E-state index in [4.69, 9.17) is 4.74 Å². The number of fused-ring (bicyclic) bond motifs is 1. The van der Waals surface area contributed by atoms with Gasteiger partial charge in [0.15, 0.2) is 0 Å². The lowest BCUT2D eigenvalue weighted by Crippen LogP contribution is -2.43. The summed E-state index contributed by atoms with van der Waals surface area (Å²) >= 11 is 0. The van der Waals surface area contributed by atoms with Gasteiger partial charge in [0.25, 0.3) is 0 Å². The first kappa shape index (κ1) is 19.1. The highest BCUT2D eigenvalue weighted by molar-refractivity contribution is 7.87. The fourth-order valence-corrected chi connectivity index (χ4v) is 3.39. The molecule has 0 saturated heterocycles. The van der Waals surface area contributed by atoms with Crippen molar-refractivity contribution in [2.24, 2.45) is 0 Å². The number of hydrogen-bond donors (Lipinski definition) is 0. The summed E-state index contributed by atoms with van der Waals surface area (Å²) in [6.07, 6.45) is 0.964. The quantitative estimate of drug-likeness (QED) is 0.602. The fourth-order valence-electron chi connectivity index (χ4n) is 2.85. The molecule has 0 bridgehead atoms. The van der Waals surface area contributed by atoms with E-state index in [1.807, 2.05) is 27.7 Å². The van der Waals surface area contributed by atoms with E-state index < -0.39 is 27.8 Å². The Morgan fingerprint density at radius 1 is 1.08 bits per heavy atom. The van der Waals surface area contributed by atoms with E-state index in [2.05, 4.69) is 4.18 Å². The lowest BCUT2D eigenvalue weighted by Gasteiger charge is -2.37. The maximum absolute atomic E-state index is 12.4. The van der Waals surface area contributed by atoms with Crippen LogP contribution >= 0.6 is 0 Å². The van der Waals surface area contributed by atoms with E-state index in [1.165, 1.54) is 0 Å². The minimum Gasteiger partial charge on any atom is -0.485 e. The van der Waals surface area contributed by atoms with Gasteiger partial charge >= 0.3 is 15.6 Å². The molecule has 24 heavy (non-hydrogen) atoms. The summed E-state index contributed by atoms with van der Waals surface area (Å²) in [6, 6.07) is 0. The van der Waals surface area contributed by atoms with Gasteiger partial charge in [-0.2, -0.15) is 21.6 Å². The molecular formula is C16H21F3O4S. The second kappa shape index (κ2) is 5.91. The normalized spacial score (nSPS) is 21.3. The van der Waals surface area contributed by atoms with Gasteiger partial charge in [-0.15, -0.1) is 0 Å². The maximum atomic E-state index is 12.4. The van der Waals surface area contributed by atoms with Crippen molar-refractivity contribution in [1.82, 2.24) is 0 Å². The predicted octanol–water partition coefficient (Wildman–Crippen LogP) is 3.87. The Morgan fingerprint density at radius 3 is 2.17 bits per heavy atom. The molecule has 0 fully saturated rings. The molecule has 1 aliphatic heterocycles. The van der Waals surface area contributed by atoms with Crippen LogP contribution in [0.1, 0.15) is 41.2 Å². The number of benzene rings is 1. The number of alkyl halides is 3. The van der Waals surface area contributed by atoms with Gasteiger partial charge in [0.1, 0.15) is 18.0 Å². The third-order valence-corrected chi connectivity index (χ3v) is 5.81. The molecule has 0 spiro atoms. The Hall–Kier alpha value is -1.28. The Kier molecular flexibility index (Phi) is 4.69. The van der Waals surface area contributed by atoms with Gasteiger partial charge in [0.05, 0.1) is 0 Å². The van der Waals surface area contributed by atoms with Gasteiger partial charge in [0, 0.05) is 0 Å². The topological polar surface area (TPSA) is 52.6 Å². The van der Waals surface area contributed by atoms with Gasteiger partial charge in [-0.3, -0.25) is 4.18 Å². The van der Waals surface area contributed by atoms with Crippen molar-refractivity contribution in [1.29, 1.82) is 0 Å². The Labute approximate surface area is 140 Å². The molecule has 0 unspecified atom stereocenters. The SMILES string of the molecule is Cc1c(C)c(C)c2c(c1C)CC[C@](C)(COS(=O)(=O)C(F)(F)F)O2. The summed E-state index contributed by atoms with van der Waals surface area (Å²) in [5.41, 5.74) is -1.32. The molecule has 1 aromatic rings. The molecule has 2 rings (SSSR count). The molecule has 0 saturated carbocycles. The molecular weight excluding hydrogens is 345 g/mol. The summed E-state index contributed by atoms with van der Waals surface area (Å²) in [7, 11) is -5.63. The maximum Gasteiger partial charge on any atom is 0.523 e. The third-order valence-electron chi connectivity index (χ3n) is 4.81. The summed E-state index contributed by atoms with van der Waals surface area (Å²) in [5.74, 6) is 0.623. The highest BCUT2D eigenvalue weighted by Crippen LogP contribution is 2.41. The third kappa shape index (κ3) is 3.26. The van der Waals surface area contributed by atoms with Crippen LogP contribution in [0.25, 0.3) is 0 Å². The van der Waals surface area contributed by atoms with Crippen molar-refractivity contribution in [2.75, 3.05) is 6.61 Å². The van der Waals surface area contributed by atoms with E-state index in [0.29, 0.717) is 18.6 Å². The average molecular weight is 366 g/mol. The zero-order valence-electron chi connectivity index (χ0n) is 14.3. The van der Waals surface area contributed by atoms with Crippen molar-refractivity contribution >= 4 is 10.1 Å². The van der Waals surface area contributed by atoms with E-state index in [1.54, 1.807) is 6.92 Å². The summed E-state index contributed by atoms with van der Waals surface area (Å²) in [5, 5.41) is 0. The highest BCUT2D eigenvalue weighted by atomic mass is 32.2. The average Bonchev–Trinajstić information content (AvgIpc) is 2.48. The van der Waals surface area contributed by atoms with Crippen LogP contribution in [0, 0.1) is 27.7 Å². The van der Waals surface area contributed by atoms with Crippen molar-refractivity contribution in [3.8, 4) is 5.75 Å². The second-order valence-electron chi connectivity index (χ2n) is 6.52. The molecule has 1 aromatic carbocycles. The summed E-state index contributed by atoms with van der Waals surface area (Å²) in [6.45, 7) is 8.73. The van der Waals surface area contributed by atoms with Crippen LogP contribution < -0.4 is 4.74 Å². The van der Waals surface area contributed by atoms with Crippen LogP contribution in [0.15, 0.2) is 0 Å². The molecule has 0 N–H and O–H groups in total. The minimum atomic E-state index is -5.63. The Balaban J connectivity index is 2.29. The van der Waals surface area contributed by atoms with Crippen LogP contribution in [-0.2, 0) is 20.7 Å². The van der Waals surface area contributed by atoms with Gasteiger partial charge in [0.2, 0.25) is 0 Å². The smallest absolute Gasteiger partial charge is 0.485 e. The van der Waals surface area contributed by atoms with Crippen LogP contribution in [0.2, 0.25) is 0 Å². The summed E-state index contributed by atoms with van der Waals surface area (Å²) in [4.78, 5) is 0. The molecule has 0 radical (unpaired) electrons. The predicted molar refractivity (Wildman–Crippen MR) is 83.7 cm³/mol. The van der Waals surface area contributed by atoms with Crippen LogP contribution in [-0.4, -0.2) is 26.1 Å². The molecule has 136 valence electrons. The number of halogens is 3. The lowest BCUT2D eigenvalue weighted by molar-refractivity contribution is -0.0606. The van der Waals surface area contributed by atoms with Crippen LogP contribution in [0.3, 0.4) is 0 Å². The van der Waals surface area contributed by atoms with E-state index >= 15 is 0 Å². The van der Waals surface area contributed by atoms with Gasteiger partial charge in [-0.05, 0) is 75.3 Å². The van der Waals surface area contributed by atoms with Crippen LogP contribution in [0.5, 0.6) is 5.75 Å². The van der Waals surface area contributed by atoms with Crippen molar-refractivity contribution in [2.45, 2.75) is 58.6 Å². The molecule has 0 aliphatic carbocycles. The van der Waals surface area contributed by atoms with Crippen molar-refractivity contribution in [3.05, 3.63) is 27.8 Å². The Bertz CT molecular complexity index is 769. The van der Waals surface area contributed by atoms with E-state index in [0.717, 1.165) is 27.8 Å². The van der Waals surface area contributed by atoms with E-state index in [-0.39, 0.29) is 0 Å². The largest absolute Gasteiger partial charge is 0.523 e. The highest BCUT2D eigenvalue weighted by Gasteiger charge is 2.49. The van der Waals surface area contributed by atoms with Crippen LogP contribution in [0.4, 0.5) is 13.2 Å². The molecule has 1 heterocycles. The molecule has 0 amide bonds. The molecule has 1 atom stereocenters. The summed E-state index contributed by atoms with van der Waals surface area (Å²) < 4.78 is 69.6. The van der Waals surface area contributed by atoms with Crippen molar-refractivity contribution < 1.29 is 30.5 Å². The van der Waals surface area contributed by atoms with Gasteiger partial charge in [-0.25, -0.2) is 0 Å². The molecule has 4 nitrogen and oxygen atoms in total. The monoisotopic (exact) mass is 366 g/mol. The first-order valence-corrected chi connectivity index (χ1v) is 8.94. The number of ether oxygens (including phenoxy) is 1. The standard InChI is InChI=1S/C16H21F3O4S/c1-9-10(2)12(4)14-13(11(9)3)6-7-15(5,23-14)8-22-24(20,21)16(17,18)19/h6-8H2,1-5H3/t15-/m1/s1. The number of rotatable bonds is 3. The van der Waals surface area contributed by atoms with E-state index in [9.17, 15) is 21.6 Å². The van der Waals surface area contributed by atoms with Crippen molar-refractivity contribution in [3.63, 3.8) is 0 Å². The van der Waals surface area contributed by atoms with Gasteiger partial charge < -0.3 is 4.74 Å². The first-order chi connectivity index (χ1) is 10.8. The fraction of sp³-hybridized carbons (Fsp3) is 0.625. The lowest BCUT2D eigenvalue weighted by atomic mass is 9.85. The second-order valence-corrected chi connectivity index (χ2v) is 8.13. The Morgan fingerprint density at radius 2 is 1.62 bits per heavy atom.